The van der Waals surface area contributed by atoms with Gasteiger partial charge in [-0.3, -0.25) is 9.59 Å². The number of likely N-dealkylation sites (tertiary alicyclic amines) is 2. The number of ether oxygens (including phenoxy) is 1. The molecule has 0 spiro atoms. The van der Waals surface area contributed by atoms with Crippen molar-refractivity contribution in [2.45, 2.75) is 51.9 Å². The zero-order valence-corrected chi connectivity index (χ0v) is 19.7. The Hall–Kier alpha value is -2.89. The Labute approximate surface area is 196 Å². The molecule has 2 saturated heterocycles. The summed E-state index contributed by atoms with van der Waals surface area (Å²) in [6.07, 6.45) is 10.5. The van der Waals surface area contributed by atoms with Crippen LogP contribution in [0.5, 0.6) is 5.88 Å². The van der Waals surface area contributed by atoms with Crippen LogP contribution in [0.2, 0.25) is 0 Å². The van der Waals surface area contributed by atoms with E-state index in [0.717, 1.165) is 61.7 Å². The molecule has 3 heterocycles. The summed E-state index contributed by atoms with van der Waals surface area (Å²) >= 11 is 0. The average Bonchev–Trinajstić information content (AvgIpc) is 3.15. The van der Waals surface area contributed by atoms with Crippen molar-refractivity contribution in [1.29, 1.82) is 0 Å². The van der Waals surface area contributed by atoms with Crippen molar-refractivity contribution >= 4 is 28.8 Å². The van der Waals surface area contributed by atoms with Crippen LogP contribution in [0.1, 0.15) is 57.4 Å². The monoisotopic (exact) mass is 449 g/mol. The smallest absolute Gasteiger partial charge is 0.246 e. The minimum Gasteiger partial charge on any atom is -0.477 e. The van der Waals surface area contributed by atoms with E-state index in [4.69, 9.17) is 4.74 Å². The summed E-state index contributed by atoms with van der Waals surface area (Å²) in [4.78, 5) is 34.3. The number of carbonyl (C=O) groups excluding carboxylic acids is 2. The van der Waals surface area contributed by atoms with Gasteiger partial charge in [0.15, 0.2) is 0 Å². The van der Waals surface area contributed by atoms with Gasteiger partial charge in [0.25, 0.3) is 0 Å². The number of piperidine rings is 1. The molecule has 2 fully saturated rings. The first-order chi connectivity index (χ1) is 16.2. The van der Waals surface area contributed by atoms with Crippen LogP contribution in [0.4, 0.5) is 0 Å². The topological polar surface area (TPSA) is 62.7 Å². The third-order valence-corrected chi connectivity index (χ3v) is 6.64. The molecule has 1 aromatic carbocycles. The van der Waals surface area contributed by atoms with Crippen molar-refractivity contribution in [2.24, 2.45) is 5.92 Å². The van der Waals surface area contributed by atoms with Gasteiger partial charge in [-0.15, -0.1) is 0 Å². The second-order valence-electron chi connectivity index (χ2n) is 9.10. The number of hydrogen-bond donors (Lipinski definition) is 0. The van der Waals surface area contributed by atoms with Crippen LogP contribution in [-0.4, -0.2) is 59.4 Å². The van der Waals surface area contributed by atoms with E-state index in [2.05, 4.69) is 16.8 Å². The number of para-hydroxylation sites is 1. The van der Waals surface area contributed by atoms with Gasteiger partial charge in [0.2, 0.25) is 17.7 Å². The second-order valence-corrected chi connectivity index (χ2v) is 9.10. The van der Waals surface area contributed by atoms with E-state index in [1.54, 1.807) is 12.2 Å². The fraction of sp³-hybridized carbons (Fsp3) is 0.519. The molecule has 0 N–H and O–H groups in total. The number of hydrogen-bond acceptors (Lipinski definition) is 4. The van der Waals surface area contributed by atoms with Gasteiger partial charge in [-0.1, -0.05) is 38.0 Å². The molecule has 176 valence electrons. The van der Waals surface area contributed by atoms with Gasteiger partial charge in [0.05, 0.1) is 12.1 Å². The maximum Gasteiger partial charge on any atom is 0.246 e. The predicted octanol–water partition coefficient (Wildman–Crippen LogP) is 4.68. The fourth-order valence-corrected chi connectivity index (χ4v) is 4.71. The minimum atomic E-state index is -0.0229. The van der Waals surface area contributed by atoms with E-state index in [9.17, 15) is 9.59 Å². The van der Waals surface area contributed by atoms with Crippen molar-refractivity contribution in [1.82, 2.24) is 14.8 Å². The molecular formula is C27H35N3O3. The molecule has 1 aromatic heterocycles. The largest absolute Gasteiger partial charge is 0.477 e. The second kappa shape index (κ2) is 11.3. The van der Waals surface area contributed by atoms with Gasteiger partial charge in [-0.05, 0) is 50.3 Å². The summed E-state index contributed by atoms with van der Waals surface area (Å²) in [5, 5.41) is 1.02. The molecule has 6 heteroatoms. The first kappa shape index (κ1) is 23.3. The van der Waals surface area contributed by atoms with Crippen LogP contribution in [-0.2, 0) is 9.59 Å². The predicted molar refractivity (Wildman–Crippen MR) is 131 cm³/mol. The van der Waals surface area contributed by atoms with Crippen molar-refractivity contribution in [3.05, 3.63) is 42.0 Å². The number of fused-ring (bicyclic) bond motifs is 1. The molecule has 0 radical (unpaired) electrons. The summed E-state index contributed by atoms with van der Waals surface area (Å²) in [5.41, 5.74) is 1.69. The quantitative estimate of drug-likeness (QED) is 0.601. The molecule has 4 rings (SSSR count). The maximum absolute atomic E-state index is 12.9. The standard InChI is InChI=1S/C27H35N3O3/c1-2-19-33-26-23(20-22-9-5-6-10-24(22)28-26)11-12-25(31)29-17-13-21(14-18-29)27(32)30-15-7-3-4-8-16-30/h5-6,9-12,20-21H,2-4,7-8,13-19H2,1H3/b12-11+. The minimum absolute atomic E-state index is 0.0229. The molecule has 2 aliphatic rings. The Bertz CT molecular complexity index is 987. The zero-order valence-electron chi connectivity index (χ0n) is 19.7. The average molecular weight is 450 g/mol. The summed E-state index contributed by atoms with van der Waals surface area (Å²) in [6, 6.07) is 9.93. The van der Waals surface area contributed by atoms with E-state index in [1.807, 2.05) is 35.2 Å². The first-order valence-corrected chi connectivity index (χ1v) is 12.4. The van der Waals surface area contributed by atoms with Gasteiger partial charge >= 0.3 is 0 Å². The lowest BCUT2D eigenvalue weighted by Gasteiger charge is -2.33. The normalized spacial score (nSPS) is 18.0. The van der Waals surface area contributed by atoms with Crippen LogP contribution in [0.25, 0.3) is 17.0 Å². The Morgan fingerprint density at radius 3 is 2.48 bits per heavy atom. The molecular weight excluding hydrogens is 414 g/mol. The number of aromatic nitrogens is 1. The highest BCUT2D eigenvalue weighted by molar-refractivity contribution is 5.93. The summed E-state index contributed by atoms with van der Waals surface area (Å²) in [7, 11) is 0. The molecule has 0 saturated carbocycles. The number of amides is 2. The summed E-state index contributed by atoms with van der Waals surface area (Å²) < 4.78 is 5.85. The van der Waals surface area contributed by atoms with Gasteiger partial charge in [-0.2, -0.15) is 0 Å². The van der Waals surface area contributed by atoms with Gasteiger partial charge in [0, 0.05) is 49.1 Å². The van der Waals surface area contributed by atoms with Crippen LogP contribution >= 0.6 is 0 Å². The highest BCUT2D eigenvalue weighted by Gasteiger charge is 2.29. The Morgan fingerprint density at radius 1 is 1.03 bits per heavy atom. The van der Waals surface area contributed by atoms with E-state index in [1.165, 1.54) is 12.8 Å². The Balaban J connectivity index is 1.38. The van der Waals surface area contributed by atoms with Crippen LogP contribution in [0.15, 0.2) is 36.4 Å². The summed E-state index contributed by atoms with van der Waals surface area (Å²) in [5.74, 6) is 0.876. The molecule has 0 aliphatic carbocycles. The lowest BCUT2D eigenvalue weighted by atomic mass is 9.95. The number of nitrogens with zero attached hydrogens (tertiary/aromatic N) is 3. The van der Waals surface area contributed by atoms with Gasteiger partial charge in [-0.25, -0.2) is 4.98 Å². The van der Waals surface area contributed by atoms with Crippen LogP contribution in [0, 0.1) is 5.92 Å². The third-order valence-electron chi connectivity index (χ3n) is 6.64. The third kappa shape index (κ3) is 5.92. The van der Waals surface area contributed by atoms with E-state index >= 15 is 0 Å². The maximum atomic E-state index is 12.9. The van der Waals surface area contributed by atoms with Crippen LogP contribution in [0.3, 0.4) is 0 Å². The van der Waals surface area contributed by atoms with Gasteiger partial charge < -0.3 is 14.5 Å². The number of benzene rings is 1. The van der Waals surface area contributed by atoms with Crippen molar-refractivity contribution < 1.29 is 14.3 Å². The molecule has 2 aliphatic heterocycles. The summed E-state index contributed by atoms with van der Waals surface area (Å²) in [6.45, 7) is 5.68. The molecule has 2 amide bonds. The Morgan fingerprint density at radius 2 is 1.76 bits per heavy atom. The highest BCUT2D eigenvalue weighted by atomic mass is 16.5. The molecule has 0 bridgehead atoms. The fourth-order valence-electron chi connectivity index (χ4n) is 4.71. The lowest BCUT2D eigenvalue weighted by molar-refractivity contribution is -0.139. The lowest BCUT2D eigenvalue weighted by Crippen LogP contribution is -2.44. The highest BCUT2D eigenvalue weighted by Crippen LogP contribution is 2.25. The van der Waals surface area contributed by atoms with Gasteiger partial charge in [0.1, 0.15) is 0 Å². The SMILES string of the molecule is CCCOc1nc2ccccc2cc1/C=C/C(=O)N1CCC(C(=O)N2CCCCCC2)CC1. The van der Waals surface area contributed by atoms with E-state index < -0.39 is 0 Å². The van der Waals surface area contributed by atoms with Crippen molar-refractivity contribution in [3.63, 3.8) is 0 Å². The molecule has 6 nitrogen and oxygen atoms in total. The first-order valence-electron chi connectivity index (χ1n) is 12.4. The zero-order chi connectivity index (χ0) is 23.0. The van der Waals surface area contributed by atoms with E-state index in [-0.39, 0.29) is 11.8 Å². The molecule has 33 heavy (non-hydrogen) atoms. The molecule has 0 unspecified atom stereocenters. The van der Waals surface area contributed by atoms with E-state index in [0.29, 0.717) is 31.5 Å². The molecule has 0 atom stereocenters. The van der Waals surface area contributed by atoms with Crippen LogP contribution < -0.4 is 4.74 Å². The number of carbonyl (C=O) groups is 2. The number of rotatable bonds is 6. The van der Waals surface area contributed by atoms with Crippen molar-refractivity contribution in [3.8, 4) is 5.88 Å². The number of pyridine rings is 1. The molecule has 2 aromatic rings. The van der Waals surface area contributed by atoms with Crippen molar-refractivity contribution in [2.75, 3.05) is 32.8 Å². The Kier molecular flexibility index (Phi) is 7.97.